The van der Waals surface area contributed by atoms with E-state index in [4.69, 9.17) is 16.5 Å². The Morgan fingerprint density at radius 2 is 0.800 bits per heavy atom. The van der Waals surface area contributed by atoms with Crippen LogP contribution in [0.15, 0.2) is 0 Å². The minimum atomic E-state index is -2.51. The van der Waals surface area contributed by atoms with E-state index in [0.717, 1.165) is 0 Å². The van der Waals surface area contributed by atoms with Gasteiger partial charge in [-0.2, -0.15) is 0 Å². The van der Waals surface area contributed by atoms with E-state index in [0.29, 0.717) is 0 Å². The summed E-state index contributed by atoms with van der Waals surface area (Å²) >= 11 is 0. The van der Waals surface area contributed by atoms with Crippen molar-refractivity contribution in [2.45, 2.75) is 39.3 Å². The molecule has 120 valence electrons. The molecule has 10 heteroatoms. The lowest BCUT2D eigenvalue weighted by Crippen LogP contribution is -2.73. The third-order valence-electron chi connectivity index (χ3n) is 3.37. The fourth-order valence-electron chi connectivity index (χ4n) is 2.30. The maximum absolute atomic E-state index is 6.54. The predicted molar refractivity (Wildman–Crippen MR) is 89.9 cm³/mol. The lowest BCUT2D eigenvalue weighted by molar-refractivity contribution is 0.173. The van der Waals surface area contributed by atoms with Gasteiger partial charge in [0.15, 0.2) is 0 Å². The number of hydrogen-bond donors (Lipinski definition) is 0. The van der Waals surface area contributed by atoms with Crippen molar-refractivity contribution in [2.24, 2.45) is 0 Å². The molecule has 0 N–H and O–H groups in total. The molecule has 0 radical (unpaired) electrons. The summed E-state index contributed by atoms with van der Waals surface area (Å²) in [7, 11) is -1.53. The van der Waals surface area contributed by atoms with Crippen molar-refractivity contribution in [3.05, 3.63) is 0 Å². The highest BCUT2D eigenvalue weighted by atomic mass is 28.5. The Morgan fingerprint density at radius 1 is 0.500 bits per heavy atom. The standard InChI is InChI=1S/C10H30N2O4Si4/c1-11(2)19(9)14-17(5,6)13-18(7,8)15-20(10,16-19)12(3)4/h1-10H3. The molecule has 1 heterocycles. The highest BCUT2D eigenvalue weighted by Crippen LogP contribution is 2.31. The lowest BCUT2D eigenvalue weighted by atomic mass is 11.3. The van der Waals surface area contributed by atoms with Crippen molar-refractivity contribution in [3.8, 4) is 0 Å². The molecule has 0 aromatic rings. The molecule has 0 saturated carbocycles. The first-order chi connectivity index (χ1) is 8.72. The van der Waals surface area contributed by atoms with Crippen LogP contribution in [0.3, 0.4) is 0 Å². The molecular weight excluding hydrogens is 324 g/mol. The van der Waals surface area contributed by atoms with Crippen LogP contribution in [0.2, 0.25) is 39.3 Å². The van der Waals surface area contributed by atoms with Crippen molar-refractivity contribution < 1.29 is 16.5 Å². The molecule has 1 rings (SSSR count). The molecule has 2 atom stereocenters. The van der Waals surface area contributed by atoms with Gasteiger partial charge in [-0.25, -0.2) is 0 Å². The average molecular weight is 355 g/mol. The SMILES string of the molecule is CN(C)[Si]1(C)O[Si](C)(C)O[Si](C)(C)O[Si](C)(N(C)C)O1. The highest BCUT2D eigenvalue weighted by molar-refractivity contribution is 6.91. The van der Waals surface area contributed by atoms with Crippen molar-refractivity contribution in [1.82, 2.24) is 9.13 Å². The minimum Gasteiger partial charge on any atom is -0.416 e. The van der Waals surface area contributed by atoms with E-state index in [-0.39, 0.29) is 0 Å². The van der Waals surface area contributed by atoms with E-state index in [1.165, 1.54) is 0 Å². The summed E-state index contributed by atoms with van der Waals surface area (Å²) in [5.41, 5.74) is 0. The molecular formula is C10H30N2O4Si4. The zero-order valence-electron chi connectivity index (χ0n) is 14.5. The Balaban J connectivity index is 3.23. The average Bonchev–Trinajstić information content (AvgIpc) is 2.10. The van der Waals surface area contributed by atoms with E-state index in [9.17, 15) is 0 Å². The van der Waals surface area contributed by atoms with Gasteiger partial charge in [-0.1, -0.05) is 0 Å². The molecule has 1 fully saturated rings. The molecule has 1 aliphatic rings. The Hall–Kier alpha value is 0.628. The van der Waals surface area contributed by atoms with Crippen LogP contribution in [0, 0.1) is 0 Å². The zero-order valence-corrected chi connectivity index (χ0v) is 18.5. The molecule has 0 aliphatic carbocycles. The summed E-state index contributed by atoms with van der Waals surface area (Å²) in [4.78, 5) is 0. The third-order valence-corrected chi connectivity index (χ3v) is 20.5. The van der Waals surface area contributed by atoms with Crippen LogP contribution in [0.25, 0.3) is 0 Å². The van der Waals surface area contributed by atoms with Crippen LogP contribution in [-0.4, -0.2) is 71.9 Å². The Morgan fingerprint density at radius 3 is 1.05 bits per heavy atom. The van der Waals surface area contributed by atoms with Gasteiger partial charge in [-0.05, 0) is 67.5 Å². The largest absolute Gasteiger partial charge is 0.416 e. The van der Waals surface area contributed by atoms with Gasteiger partial charge < -0.3 is 16.5 Å². The van der Waals surface area contributed by atoms with Crippen LogP contribution in [0.1, 0.15) is 0 Å². The van der Waals surface area contributed by atoms with E-state index in [2.05, 4.69) is 48.4 Å². The second-order valence-corrected chi connectivity index (χ2v) is 21.0. The van der Waals surface area contributed by atoms with Crippen LogP contribution in [0.4, 0.5) is 0 Å². The fourth-order valence-corrected chi connectivity index (χ4v) is 22.2. The van der Waals surface area contributed by atoms with E-state index >= 15 is 0 Å². The van der Waals surface area contributed by atoms with Crippen molar-refractivity contribution in [1.29, 1.82) is 0 Å². The summed E-state index contributed by atoms with van der Waals surface area (Å²) < 4.78 is 29.9. The molecule has 0 aromatic carbocycles. The Bertz CT molecular complexity index is 337. The molecule has 1 aliphatic heterocycles. The van der Waals surface area contributed by atoms with Crippen LogP contribution >= 0.6 is 0 Å². The Kier molecular flexibility index (Phi) is 5.30. The second-order valence-electron chi connectivity index (χ2n) is 6.79. The van der Waals surface area contributed by atoms with Gasteiger partial charge in [0.2, 0.25) is 0 Å². The van der Waals surface area contributed by atoms with Gasteiger partial charge in [0.25, 0.3) is 0 Å². The smallest absolute Gasteiger partial charge is 0.407 e. The van der Waals surface area contributed by atoms with Gasteiger partial charge in [0.05, 0.1) is 0 Å². The van der Waals surface area contributed by atoms with Gasteiger partial charge >= 0.3 is 34.6 Å². The number of nitrogens with zero attached hydrogens (tertiary/aromatic N) is 2. The third kappa shape index (κ3) is 4.31. The summed E-state index contributed by atoms with van der Waals surface area (Å²) in [6.45, 7) is 12.4. The first-order valence-corrected chi connectivity index (χ1v) is 17.0. The topological polar surface area (TPSA) is 43.4 Å². The maximum Gasteiger partial charge on any atom is 0.407 e. The van der Waals surface area contributed by atoms with Gasteiger partial charge in [-0.15, -0.1) is 0 Å². The highest BCUT2D eigenvalue weighted by Gasteiger charge is 2.57. The monoisotopic (exact) mass is 354 g/mol. The van der Waals surface area contributed by atoms with Gasteiger partial charge in [0, 0.05) is 0 Å². The number of rotatable bonds is 2. The van der Waals surface area contributed by atoms with Crippen molar-refractivity contribution >= 4 is 34.6 Å². The Labute approximate surface area is 128 Å². The molecule has 0 bridgehead atoms. The second kappa shape index (κ2) is 5.68. The molecule has 0 aromatic heterocycles. The first kappa shape index (κ1) is 18.7. The van der Waals surface area contributed by atoms with E-state index in [1.807, 2.05) is 28.2 Å². The summed E-state index contributed by atoms with van der Waals surface area (Å²) in [5, 5.41) is 0. The quantitative estimate of drug-likeness (QED) is 0.704. The molecule has 0 amide bonds. The first-order valence-electron chi connectivity index (χ1n) is 6.87. The van der Waals surface area contributed by atoms with Crippen LogP contribution < -0.4 is 0 Å². The molecule has 0 spiro atoms. The zero-order chi connectivity index (χ0) is 16.0. The number of hydrogen-bond acceptors (Lipinski definition) is 6. The van der Waals surface area contributed by atoms with Crippen LogP contribution in [-0.2, 0) is 16.5 Å². The summed E-state index contributed by atoms with van der Waals surface area (Å²) in [6, 6.07) is 0. The maximum atomic E-state index is 6.54. The predicted octanol–water partition coefficient (Wildman–Crippen LogP) is 1.73. The van der Waals surface area contributed by atoms with Gasteiger partial charge in [0.1, 0.15) is 0 Å². The van der Waals surface area contributed by atoms with E-state index in [1.54, 1.807) is 0 Å². The molecule has 2 unspecified atom stereocenters. The fraction of sp³-hybridized carbons (Fsp3) is 1.00. The summed E-state index contributed by atoms with van der Waals surface area (Å²) in [6.07, 6.45) is 0. The molecule has 6 nitrogen and oxygen atoms in total. The molecule has 1 saturated heterocycles. The van der Waals surface area contributed by atoms with E-state index < -0.39 is 34.6 Å². The van der Waals surface area contributed by atoms with Crippen LogP contribution in [0.5, 0.6) is 0 Å². The van der Waals surface area contributed by atoms with Crippen molar-refractivity contribution in [3.63, 3.8) is 0 Å². The molecule has 20 heavy (non-hydrogen) atoms. The van der Waals surface area contributed by atoms with Crippen molar-refractivity contribution in [2.75, 3.05) is 28.2 Å². The lowest BCUT2D eigenvalue weighted by Gasteiger charge is -2.50. The normalized spacial score (nSPS) is 37.8. The minimum absolute atomic E-state index is 2.01. The van der Waals surface area contributed by atoms with Gasteiger partial charge in [-0.3, -0.25) is 9.13 Å². The summed E-state index contributed by atoms with van der Waals surface area (Å²) in [5.74, 6) is 0.